The van der Waals surface area contributed by atoms with Gasteiger partial charge in [-0.1, -0.05) is 34.8 Å². The highest BCUT2D eigenvalue weighted by Crippen LogP contribution is 2.33. The van der Waals surface area contributed by atoms with Gasteiger partial charge < -0.3 is 9.80 Å². The fourth-order valence-corrected chi connectivity index (χ4v) is 3.58. The van der Waals surface area contributed by atoms with Crippen molar-refractivity contribution in [2.75, 3.05) is 38.1 Å². The first kappa shape index (κ1) is 16.6. The Hall–Kier alpha value is -1.27. The van der Waals surface area contributed by atoms with Gasteiger partial charge in [-0.05, 0) is 18.2 Å². The molecule has 1 aromatic carbocycles. The molecule has 8 heteroatoms. The Morgan fingerprint density at radius 1 is 0.957 bits per heavy atom. The monoisotopic (exact) mass is 374 g/mol. The summed E-state index contributed by atoms with van der Waals surface area (Å²) in [5, 5.41) is 0.646. The average Bonchev–Trinajstić information content (AvgIpc) is 2.69. The maximum Gasteiger partial charge on any atom is 0.283 e. The quantitative estimate of drug-likeness (QED) is 0.789. The molecule has 23 heavy (non-hydrogen) atoms. The van der Waals surface area contributed by atoms with Gasteiger partial charge in [-0.15, -0.1) is 0 Å². The Morgan fingerprint density at radius 2 is 1.52 bits per heavy atom. The lowest BCUT2D eigenvalue weighted by Gasteiger charge is -2.31. The van der Waals surface area contributed by atoms with Gasteiger partial charge in [-0.3, -0.25) is 9.59 Å². The molecule has 2 amide bonds. The molecule has 0 bridgehead atoms. The number of imide groups is 1. The number of anilines is 1. The predicted molar refractivity (Wildman–Crippen MR) is 90.0 cm³/mol. The summed E-state index contributed by atoms with van der Waals surface area (Å²) in [5.74, 6) is -0.978. The molecule has 0 radical (unpaired) electrons. The van der Waals surface area contributed by atoms with Crippen LogP contribution in [-0.2, 0) is 9.59 Å². The van der Waals surface area contributed by atoms with E-state index in [1.54, 1.807) is 0 Å². The average molecular weight is 376 g/mol. The van der Waals surface area contributed by atoms with Gasteiger partial charge in [0, 0.05) is 10.0 Å². The molecule has 3 rings (SSSR count). The molecule has 0 spiro atoms. The zero-order valence-electron chi connectivity index (χ0n) is 12.4. The largest absolute Gasteiger partial charge is 0.354 e. The standard InChI is InChI=1S/C15H14Cl3N3O2/c1-19-2-4-20(5-3-19)13-12(18)14(22)21(15(13)23)11-7-9(16)6-10(17)8-11/h6-8H,2-5H2,1H3/p+1. The zero-order chi connectivity index (χ0) is 16.7. The second-order valence-electron chi connectivity index (χ2n) is 5.68. The number of halogens is 3. The summed E-state index contributed by atoms with van der Waals surface area (Å²) in [7, 11) is 2.09. The van der Waals surface area contributed by atoms with E-state index in [0.29, 0.717) is 28.8 Å². The molecule has 1 fully saturated rings. The third kappa shape index (κ3) is 3.06. The number of amides is 2. The fourth-order valence-electron chi connectivity index (χ4n) is 2.78. The first-order valence-electron chi connectivity index (χ1n) is 7.19. The van der Waals surface area contributed by atoms with Crippen LogP contribution in [0.15, 0.2) is 28.9 Å². The Kier molecular flexibility index (Phi) is 4.56. The molecule has 2 heterocycles. The van der Waals surface area contributed by atoms with Crippen LogP contribution in [0, 0.1) is 0 Å². The Balaban J connectivity index is 1.92. The molecule has 1 aromatic rings. The Labute approximate surface area is 149 Å². The second-order valence-corrected chi connectivity index (χ2v) is 6.93. The molecule has 1 N–H and O–H groups in total. The molecular formula is C15H15Cl3N3O2+. The van der Waals surface area contributed by atoms with Crippen LogP contribution in [0.1, 0.15) is 0 Å². The van der Waals surface area contributed by atoms with E-state index in [1.807, 2.05) is 4.90 Å². The number of hydrogen-bond donors (Lipinski definition) is 1. The van der Waals surface area contributed by atoms with Gasteiger partial charge in [-0.25, -0.2) is 4.90 Å². The van der Waals surface area contributed by atoms with Crippen LogP contribution in [-0.4, -0.2) is 49.9 Å². The van der Waals surface area contributed by atoms with Gasteiger partial charge in [0.25, 0.3) is 11.8 Å². The lowest BCUT2D eigenvalue weighted by atomic mass is 10.2. The third-order valence-corrected chi connectivity index (χ3v) is 4.82. The highest BCUT2D eigenvalue weighted by molar-refractivity contribution is 6.52. The van der Waals surface area contributed by atoms with E-state index in [-0.39, 0.29) is 10.7 Å². The van der Waals surface area contributed by atoms with Crippen molar-refractivity contribution in [2.24, 2.45) is 0 Å². The Morgan fingerprint density at radius 3 is 2.09 bits per heavy atom. The van der Waals surface area contributed by atoms with Crippen LogP contribution < -0.4 is 9.80 Å². The normalized spacial score (nSPS) is 20.0. The number of benzene rings is 1. The highest BCUT2D eigenvalue weighted by atomic mass is 35.5. The van der Waals surface area contributed by atoms with Gasteiger partial charge in [0.15, 0.2) is 0 Å². The number of hydrogen-bond acceptors (Lipinski definition) is 3. The number of likely N-dealkylation sites (N-methyl/N-ethyl adjacent to an activating group) is 1. The van der Waals surface area contributed by atoms with E-state index in [4.69, 9.17) is 34.8 Å². The lowest BCUT2D eigenvalue weighted by molar-refractivity contribution is -0.883. The number of carbonyl (C=O) groups excluding carboxylic acids is 2. The van der Waals surface area contributed by atoms with Gasteiger partial charge >= 0.3 is 0 Å². The molecule has 5 nitrogen and oxygen atoms in total. The SMILES string of the molecule is C[NH+]1CCN(C2=C(Cl)C(=O)N(c3cc(Cl)cc(Cl)c3)C2=O)CC1. The highest BCUT2D eigenvalue weighted by Gasteiger charge is 2.42. The number of piperazine rings is 1. The van der Waals surface area contributed by atoms with Crippen molar-refractivity contribution in [1.29, 1.82) is 0 Å². The molecule has 0 saturated carbocycles. The summed E-state index contributed by atoms with van der Waals surface area (Å²) in [6.45, 7) is 3.14. The first-order valence-corrected chi connectivity index (χ1v) is 8.33. The van der Waals surface area contributed by atoms with Crippen LogP contribution in [0.4, 0.5) is 5.69 Å². The molecule has 0 aromatic heterocycles. The van der Waals surface area contributed by atoms with E-state index < -0.39 is 11.8 Å². The molecule has 2 aliphatic rings. The summed E-state index contributed by atoms with van der Waals surface area (Å²) in [5.41, 5.74) is 0.589. The van der Waals surface area contributed by atoms with Crippen LogP contribution in [0.5, 0.6) is 0 Å². The van der Waals surface area contributed by atoms with Crippen molar-refractivity contribution in [3.8, 4) is 0 Å². The van der Waals surface area contributed by atoms with Crippen molar-refractivity contribution in [1.82, 2.24) is 4.90 Å². The van der Waals surface area contributed by atoms with E-state index in [2.05, 4.69) is 7.05 Å². The van der Waals surface area contributed by atoms with Gasteiger partial charge in [0.1, 0.15) is 10.7 Å². The molecule has 2 aliphatic heterocycles. The van der Waals surface area contributed by atoms with Gasteiger partial charge in [-0.2, -0.15) is 0 Å². The maximum atomic E-state index is 12.8. The van der Waals surface area contributed by atoms with Crippen LogP contribution in [0.3, 0.4) is 0 Å². The van der Waals surface area contributed by atoms with Crippen molar-refractivity contribution >= 4 is 52.3 Å². The summed E-state index contributed by atoms with van der Waals surface area (Å²) < 4.78 is 0. The number of nitrogens with zero attached hydrogens (tertiary/aromatic N) is 2. The number of carbonyl (C=O) groups is 2. The Bertz CT molecular complexity index is 692. The van der Waals surface area contributed by atoms with Crippen molar-refractivity contribution < 1.29 is 14.5 Å². The minimum atomic E-state index is -0.545. The fraction of sp³-hybridized carbons (Fsp3) is 0.333. The van der Waals surface area contributed by atoms with Crippen molar-refractivity contribution in [3.05, 3.63) is 39.0 Å². The summed E-state index contributed by atoms with van der Waals surface area (Å²) in [4.78, 5) is 29.5. The number of rotatable bonds is 2. The van der Waals surface area contributed by atoms with Crippen molar-refractivity contribution in [2.45, 2.75) is 0 Å². The topological polar surface area (TPSA) is 45.1 Å². The third-order valence-electron chi connectivity index (χ3n) is 4.04. The molecule has 1 saturated heterocycles. The number of quaternary nitrogens is 1. The smallest absolute Gasteiger partial charge is 0.283 e. The maximum absolute atomic E-state index is 12.8. The van der Waals surface area contributed by atoms with Crippen molar-refractivity contribution in [3.63, 3.8) is 0 Å². The summed E-state index contributed by atoms with van der Waals surface area (Å²) in [6, 6.07) is 4.58. The molecule has 0 unspecified atom stereocenters. The summed E-state index contributed by atoms with van der Waals surface area (Å²) >= 11 is 18.1. The number of nitrogens with one attached hydrogen (secondary N) is 1. The van der Waals surface area contributed by atoms with E-state index in [1.165, 1.54) is 23.1 Å². The van der Waals surface area contributed by atoms with E-state index >= 15 is 0 Å². The molecule has 0 atom stereocenters. The predicted octanol–water partition coefficient (Wildman–Crippen LogP) is 1.15. The van der Waals surface area contributed by atoms with Gasteiger partial charge in [0.05, 0.1) is 38.9 Å². The minimum Gasteiger partial charge on any atom is -0.354 e. The van der Waals surface area contributed by atoms with Gasteiger partial charge in [0.2, 0.25) is 0 Å². The minimum absolute atomic E-state index is 0.0503. The van der Waals surface area contributed by atoms with Crippen LogP contribution in [0.25, 0.3) is 0 Å². The zero-order valence-corrected chi connectivity index (χ0v) is 14.7. The van der Waals surface area contributed by atoms with E-state index in [0.717, 1.165) is 18.0 Å². The second kappa shape index (κ2) is 6.32. The van der Waals surface area contributed by atoms with Crippen LogP contribution in [0.2, 0.25) is 10.0 Å². The van der Waals surface area contributed by atoms with E-state index in [9.17, 15) is 9.59 Å². The lowest BCUT2D eigenvalue weighted by Crippen LogP contribution is -3.11. The molecular weight excluding hydrogens is 361 g/mol. The molecule has 122 valence electrons. The molecule has 0 aliphatic carbocycles. The van der Waals surface area contributed by atoms with Crippen LogP contribution >= 0.6 is 34.8 Å². The first-order chi connectivity index (χ1) is 10.9. The summed E-state index contributed by atoms with van der Waals surface area (Å²) in [6.07, 6.45) is 0.